The fraction of sp³-hybridized carbons (Fsp3) is 1.00. The van der Waals surface area contributed by atoms with Gasteiger partial charge >= 0.3 is 7.82 Å². The van der Waals surface area contributed by atoms with Crippen molar-refractivity contribution in [3.05, 3.63) is 0 Å². The third-order valence-corrected chi connectivity index (χ3v) is 14.7. The molecule has 0 aromatic rings. The van der Waals surface area contributed by atoms with E-state index in [9.17, 15) is 0 Å². The van der Waals surface area contributed by atoms with E-state index in [1.54, 1.807) is 0 Å². The number of hydrogen-bond donors (Lipinski definition) is 0. The molecular formula is C51H105O4P. The van der Waals surface area contributed by atoms with Gasteiger partial charge in [0.05, 0.1) is 18.3 Å². The first-order valence-electron chi connectivity index (χ1n) is 25.6. The molecule has 5 heteroatoms. The van der Waals surface area contributed by atoms with Crippen molar-refractivity contribution >= 4 is 7.82 Å². The summed E-state index contributed by atoms with van der Waals surface area (Å²) in [6.45, 7) is 27.9. The molecule has 0 aliphatic rings. The highest BCUT2D eigenvalue weighted by atomic mass is 31.2. The summed E-state index contributed by atoms with van der Waals surface area (Å²) in [7, 11) is -3.98. The second-order valence-electron chi connectivity index (χ2n) is 19.1. The SMILES string of the molecule is CCCCCCC(C)C(OP(=O)(OC(C(C)CCCCCC)C(C)CCCCCC)OC(C(C)CCCCCC)C(C)CCCCCC)C(C)CCCCCC. The molecule has 4 nitrogen and oxygen atoms in total. The summed E-state index contributed by atoms with van der Waals surface area (Å²) in [6, 6.07) is 0. The smallest absolute Gasteiger partial charge is 0.283 e. The minimum Gasteiger partial charge on any atom is -0.283 e. The molecule has 0 heterocycles. The Balaban J connectivity index is 7.06. The van der Waals surface area contributed by atoms with Crippen LogP contribution in [0.4, 0.5) is 0 Å². The van der Waals surface area contributed by atoms with Gasteiger partial charge in [-0.15, -0.1) is 0 Å². The molecule has 0 rings (SSSR count). The molecule has 0 radical (unpaired) electrons. The zero-order chi connectivity index (χ0) is 42.0. The van der Waals surface area contributed by atoms with Crippen molar-refractivity contribution in [1.29, 1.82) is 0 Å². The van der Waals surface area contributed by atoms with Gasteiger partial charge in [-0.05, 0) is 74.0 Å². The third-order valence-electron chi connectivity index (χ3n) is 13.2. The highest BCUT2D eigenvalue weighted by molar-refractivity contribution is 7.48. The molecule has 0 amide bonds. The lowest BCUT2D eigenvalue weighted by Gasteiger charge is -2.39. The molecule has 6 unspecified atom stereocenters. The van der Waals surface area contributed by atoms with E-state index in [1.165, 1.54) is 154 Å². The maximum Gasteiger partial charge on any atom is 0.475 e. The minimum atomic E-state index is -3.98. The van der Waals surface area contributed by atoms with Gasteiger partial charge in [0.1, 0.15) is 0 Å². The Labute approximate surface area is 354 Å². The monoisotopic (exact) mass is 813 g/mol. The normalized spacial score (nSPS) is 18.1. The zero-order valence-electron chi connectivity index (χ0n) is 40.5. The van der Waals surface area contributed by atoms with E-state index in [-0.39, 0.29) is 18.3 Å². The fourth-order valence-corrected chi connectivity index (χ4v) is 11.5. The molecule has 0 aromatic carbocycles. The van der Waals surface area contributed by atoms with Crippen molar-refractivity contribution < 1.29 is 18.1 Å². The first-order valence-corrected chi connectivity index (χ1v) is 27.1. The molecule has 0 aliphatic carbocycles. The molecule has 6 atom stereocenters. The zero-order valence-corrected chi connectivity index (χ0v) is 41.4. The molecule has 0 saturated carbocycles. The van der Waals surface area contributed by atoms with Gasteiger partial charge < -0.3 is 0 Å². The van der Waals surface area contributed by atoms with Crippen LogP contribution in [0.5, 0.6) is 0 Å². The summed E-state index contributed by atoms with van der Waals surface area (Å²) in [4.78, 5) is 0. The van der Waals surface area contributed by atoms with Crippen LogP contribution in [0.25, 0.3) is 0 Å². The number of unbranched alkanes of at least 4 members (excludes halogenated alkanes) is 18. The van der Waals surface area contributed by atoms with Crippen molar-refractivity contribution in [2.24, 2.45) is 35.5 Å². The highest BCUT2D eigenvalue weighted by Gasteiger charge is 2.44. The summed E-state index contributed by atoms with van der Waals surface area (Å²) >= 11 is 0. The van der Waals surface area contributed by atoms with Crippen LogP contribution in [0.2, 0.25) is 0 Å². The van der Waals surface area contributed by atoms with Crippen LogP contribution in [0.3, 0.4) is 0 Å². The standard InChI is InChI=1S/C51H105O4P/c1-13-19-25-31-37-43(7)49(44(8)38-32-26-20-14-2)53-56(52,54-50(45(9)39-33-27-21-15-3)46(10)40-34-28-22-16-4)55-51(47(11)41-35-29-23-17-5)48(12)42-36-30-24-18-6/h43-51H,13-42H2,1-12H3. The Morgan fingerprint density at radius 1 is 0.286 bits per heavy atom. The van der Waals surface area contributed by atoms with E-state index < -0.39 is 7.82 Å². The predicted molar refractivity (Wildman–Crippen MR) is 250 cm³/mol. The molecule has 0 spiro atoms. The Hall–Kier alpha value is 0.110. The first-order chi connectivity index (χ1) is 26.9. The second-order valence-corrected chi connectivity index (χ2v) is 20.6. The second kappa shape index (κ2) is 36.9. The van der Waals surface area contributed by atoms with Crippen molar-refractivity contribution in [2.45, 2.75) is 294 Å². The molecule has 0 saturated heterocycles. The van der Waals surface area contributed by atoms with Crippen LogP contribution < -0.4 is 0 Å². The van der Waals surface area contributed by atoms with Crippen LogP contribution in [-0.4, -0.2) is 18.3 Å². The number of phosphoric ester groups is 1. The minimum absolute atomic E-state index is 0.148. The van der Waals surface area contributed by atoms with Crippen LogP contribution in [-0.2, 0) is 18.1 Å². The van der Waals surface area contributed by atoms with Gasteiger partial charge in [-0.2, -0.15) is 0 Å². The van der Waals surface area contributed by atoms with Gasteiger partial charge in [0.2, 0.25) is 0 Å². The molecule has 0 N–H and O–H groups in total. The molecule has 338 valence electrons. The average Bonchev–Trinajstić information content (AvgIpc) is 3.18. The van der Waals surface area contributed by atoms with E-state index in [0.29, 0.717) is 35.5 Å². The number of phosphoric acid groups is 1. The molecule has 56 heavy (non-hydrogen) atoms. The highest BCUT2D eigenvalue weighted by Crippen LogP contribution is 2.58. The Morgan fingerprint density at radius 2 is 0.446 bits per heavy atom. The maximum atomic E-state index is 16.1. The van der Waals surface area contributed by atoms with Crippen LogP contribution in [0, 0.1) is 35.5 Å². The van der Waals surface area contributed by atoms with E-state index in [2.05, 4.69) is 83.1 Å². The molecule has 0 fully saturated rings. The van der Waals surface area contributed by atoms with E-state index in [0.717, 1.165) is 38.5 Å². The van der Waals surface area contributed by atoms with Crippen molar-refractivity contribution in [3.8, 4) is 0 Å². The van der Waals surface area contributed by atoms with Gasteiger partial charge in [-0.3, -0.25) is 13.6 Å². The summed E-state index contributed by atoms with van der Waals surface area (Å²) in [5, 5.41) is 0. The Kier molecular flexibility index (Phi) is 37.0. The molecule has 0 aliphatic heterocycles. The lowest BCUT2D eigenvalue weighted by Crippen LogP contribution is -2.35. The summed E-state index contributed by atoms with van der Waals surface area (Å²) in [5.41, 5.74) is 0. The maximum absolute atomic E-state index is 16.1. The largest absolute Gasteiger partial charge is 0.475 e. The van der Waals surface area contributed by atoms with Crippen LogP contribution >= 0.6 is 7.82 Å². The summed E-state index contributed by atoms with van der Waals surface area (Å²) < 4.78 is 37.7. The van der Waals surface area contributed by atoms with Crippen molar-refractivity contribution in [1.82, 2.24) is 0 Å². The third kappa shape index (κ3) is 27.1. The predicted octanol–water partition coefficient (Wildman–Crippen LogP) is 18.9. The van der Waals surface area contributed by atoms with Crippen LogP contribution in [0.15, 0.2) is 0 Å². The number of rotatable bonds is 42. The lowest BCUT2D eigenvalue weighted by atomic mass is 9.86. The number of hydrogen-bond acceptors (Lipinski definition) is 4. The lowest BCUT2D eigenvalue weighted by molar-refractivity contribution is -0.0448. The quantitative estimate of drug-likeness (QED) is 0.0455. The van der Waals surface area contributed by atoms with Gasteiger partial charge in [0.25, 0.3) is 0 Å². The first kappa shape index (κ1) is 56.1. The molecule has 0 bridgehead atoms. The summed E-state index contributed by atoms with van der Waals surface area (Å²) in [5.74, 6) is 1.76. The van der Waals surface area contributed by atoms with Crippen molar-refractivity contribution in [2.75, 3.05) is 0 Å². The van der Waals surface area contributed by atoms with E-state index in [1.807, 2.05) is 0 Å². The Morgan fingerprint density at radius 3 is 0.589 bits per heavy atom. The van der Waals surface area contributed by atoms with Crippen molar-refractivity contribution in [3.63, 3.8) is 0 Å². The summed E-state index contributed by atoms with van der Waals surface area (Å²) in [6.07, 6.45) is 35.9. The Bertz CT molecular complexity index is 717. The van der Waals surface area contributed by atoms with E-state index in [4.69, 9.17) is 13.6 Å². The molecule has 0 aromatic heterocycles. The van der Waals surface area contributed by atoms with Gasteiger partial charge in [0, 0.05) is 0 Å². The van der Waals surface area contributed by atoms with Gasteiger partial charge in [0.15, 0.2) is 0 Å². The molecular weight excluding hydrogens is 708 g/mol. The fourth-order valence-electron chi connectivity index (χ4n) is 9.17. The topological polar surface area (TPSA) is 44.8 Å². The van der Waals surface area contributed by atoms with Gasteiger partial charge in [-0.1, -0.05) is 237 Å². The van der Waals surface area contributed by atoms with Crippen LogP contribution in [0.1, 0.15) is 276 Å². The van der Waals surface area contributed by atoms with Gasteiger partial charge in [-0.25, -0.2) is 4.57 Å². The van der Waals surface area contributed by atoms with E-state index >= 15 is 4.57 Å². The average molecular weight is 813 g/mol.